The van der Waals surface area contributed by atoms with E-state index >= 15 is 0 Å². The molecule has 1 atom stereocenters. The maximum atomic E-state index is 13.1. The van der Waals surface area contributed by atoms with Crippen molar-refractivity contribution in [3.05, 3.63) is 69.7 Å². The van der Waals surface area contributed by atoms with Crippen LogP contribution in [0.5, 0.6) is 0 Å². The van der Waals surface area contributed by atoms with Gasteiger partial charge in [0.1, 0.15) is 6.04 Å². The highest BCUT2D eigenvalue weighted by molar-refractivity contribution is 6.30. The van der Waals surface area contributed by atoms with Crippen LogP contribution in [0, 0.1) is 5.92 Å². The summed E-state index contributed by atoms with van der Waals surface area (Å²) in [7, 11) is 0. The predicted molar refractivity (Wildman–Crippen MR) is 119 cm³/mol. The van der Waals surface area contributed by atoms with Crippen molar-refractivity contribution in [3.8, 4) is 0 Å². The Labute approximate surface area is 183 Å². The van der Waals surface area contributed by atoms with Crippen LogP contribution in [0.2, 0.25) is 10.0 Å². The average Bonchev–Trinajstić information content (AvgIpc) is 2.68. The van der Waals surface area contributed by atoms with Crippen molar-refractivity contribution in [1.82, 2.24) is 10.2 Å². The maximum absolute atomic E-state index is 13.1. The Morgan fingerprint density at radius 1 is 0.897 bits per heavy atom. The zero-order valence-electron chi connectivity index (χ0n) is 17.1. The number of amides is 2. The summed E-state index contributed by atoms with van der Waals surface area (Å²) >= 11 is 11.9. The van der Waals surface area contributed by atoms with Gasteiger partial charge in [0.2, 0.25) is 11.8 Å². The van der Waals surface area contributed by atoms with E-state index in [2.05, 4.69) is 19.2 Å². The number of hydrogen-bond donors (Lipinski definition) is 1. The lowest BCUT2D eigenvalue weighted by atomic mass is 10.1. The summed E-state index contributed by atoms with van der Waals surface area (Å²) in [5, 5.41) is 4.20. The molecule has 0 aliphatic rings. The van der Waals surface area contributed by atoms with Gasteiger partial charge in [-0.1, -0.05) is 61.3 Å². The van der Waals surface area contributed by atoms with Gasteiger partial charge in [-0.2, -0.15) is 0 Å². The van der Waals surface area contributed by atoms with Gasteiger partial charge in [-0.25, -0.2) is 0 Å². The Kier molecular flexibility index (Phi) is 8.99. The van der Waals surface area contributed by atoms with Crippen molar-refractivity contribution in [2.75, 3.05) is 6.54 Å². The summed E-state index contributed by atoms with van der Waals surface area (Å²) in [6.45, 7) is 6.92. The molecule has 0 unspecified atom stereocenters. The molecule has 0 spiro atoms. The van der Waals surface area contributed by atoms with Gasteiger partial charge in [0, 0.05) is 23.1 Å². The van der Waals surface area contributed by atoms with Crippen molar-refractivity contribution < 1.29 is 9.59 Å². The van der Waals surface area contributed by atoms with Crippen molar-refractivity contribution in [3.63, 3.8) is 0 Å². The number of hydrogen-bond acceptors (Lipinski definition) is 2. The summed E-state index contributed by atoms with van der Waals surface area (Å²) in [5.74, 6) is 0.236. The second-order valence-electron chi connectivity index (χ2n) is 7.60. The van der Waals surface area contributed by atoms with Crippen LogP contribution in [0.1, 0.15) is 38.3 Å². The second-order valence-corrected chi connectivity index (χ2v) is 8.47. The largest absolute Gasteiger partial charge is 0.354 e. The molecule has 2 aromatic carbocycles. The zero-order chi connectivity index (χ0) is 21.4. The SMILES string of the molecule is CC(C)CCNC(=O)[C@@H](C)N(Cc1ccc(Cl)cc1)C(=O)Cc1ccc(Cl)cc1. The molecule has 0 fully saturated rings. The lowest BCUT2D eigenvalue weighted by Gasteiger charge is -2.29. The van der Waals surface area contributed by atoms with Crippen LogP contribution in [-0.4, -0.2) is 29.3 Å². The lowest BCUT2D eigenvalue weighted by molar-refractivity contribution is -0.140. The fourth-order valence-corrected chi connectivity index (χ4v) is 3.13. The highest BCUT2D eigenvalue weighted by Crippen LogP contribution is 2.16. The van der Waals surface area contributed by atoms with E-state index in [1.165, 1.54) is 0 Å². The molecule has 2 aromatic rings. The van der Waals surface area contributed by atoms with Crippen molar-refractivity contribution >= 4 is 35.0 Å². The van der Waals surface area contributed by atoms with E-state index in [0.29, 0.717) is 29.1 Å². The average molecular weight is 435 g/mol. The first-order valence-electron chi connectivity index (χ1n) is 9.82. The molecule has 0 aliphatic heterocycles. The third-order valence-corrected chi connectivity index (χ3v) is 5.23. The smallest absolute Gasteiger partial charge is 0.242 e. The summed E-state index contributed by atoms with van der Waals surface area (Å²) in [5.41, 5.74) is 1.77. The molecule has 1 N–H and O–H groups in total. The van der Waals surface area contributed by atoms with Crippen LogP contribution in [0.25, 0.3) is 0 Å². The maximum Gasteiger partial charge on any atom is 0.242 e. The van der Waals surface area contributed by atoms with Gasteiger partial charge >= 0.3 is 0 Å². The molecule has 0 aromatic heterocycles. The minimum Gasteiger partial charge on any atom is -0.354 e. The van der Waals surface area contributed by atoms with E-state index in [-0.39, 0.29) is 18.2 Å². The summed E-state index contributed by atoms with van der Waals surface area (Å²) in [6, 6.07) is 13.9. The summed E-state index contributed by atoms with van der Waals surface area (Å²) < 4.78 is 0. The molecule has 0 heterocycles. The van der Waals surface area contributed by atoms with Crippen molar-refractivity contribution in [2.24, 2.45) is 5.92 Å². The first-order chi connectivity index (χ1) is 13.8. The third kappa shape index (κ3) is 7.71. The molecule has 156 valence electrons. The Hall–Kier alpha value is -2.04. The van der Waals surface area contributed by atoms with E-state index in [0.717, 1.165) is 17.5 Å². The van der Waals surface area contributed by atoms with Crippen LogP contribution in [-0.2, 0) is 22.6 Å². The van der Waals surface area contributed by atoms with Gasteiger partial charge in [-0.15, -0.1) is 0 Å². The van der Waals surface area contributed by atoms with Crippen LogP contribution in [0.15, 0.2) is 48.5 Å². The van der Waals surface area contributed by atoms with Crippen molar-refractivity contribution in [2.45, 2.75) is 46.2 Å². The Morgan fingerprint density at radius 2 is 1.41 bits per heavy atom. The summed E-state index contributed by atoms with van der Waals surface area (Å²) in [4.78, 5) is 27.4. The number of benzene rings is 2. The quantitative estimate of drug-likeness (QED) is 0.595. The molecule has 0 aliphatic carbocycles. The normalized spacial score (nSPS) is 11.9. The molecule has 6 heteroatoms. The Morgan fingerprint density at radius 3 is 1.93 bits per heavy atom. The first-order valence-corrected chi connectivity index (χ1v) is 10.6. The number of carbonyl (C=O) groups excluding carboxylic acids is 2. The van der Waals surface area contributed by atoms with Crippen molar-refractivity contribution in [1.29, 1.82) is 0 Å². The van der Waals surface area contributed by atoms with E-state index < -0.39 is 6.04 Å². The van der Waals surface area contributed by atoms with Gasteiger partial charge in [-0.3, -0.25) is 9.59 Å². The highest BCUT2D eigenvalue weighted by Gasteiger charge is 2.26. The molecule has 2 rings (SSSR count). The van der Waals surface area contributed by atoms with E-state index in [1.807, 2.05) is 24.3 Å². The predicted octanol–water partition coefficient (Wildman–Crippen LogP) is 5.12. The molecule has 0 radical (unpaired) electrons. The molecule has 0 saturated heterocycles. The first kappa shape index (κ1) is 23.2. The number of rotatable bonds is 9. The van der Waals surface area contributed by atoms with E-state index in [4.69, 9.17) is 23.2 Å². The van der Waals surface area contributed by atoms with Crippen LogP contribution < -0.4 is 5.32 Å². The molecule has 2 amide bonds. The van der Waals surface area contributed by atoms with E-state index in [1.54, 1.807) is 36.1 Å². The van der Waals surface area contributed by atoms with Gasteiger partial charge in [0.05, 0.1) is 6.42 Å². The zero-order valence-corrected chi connectivity index (χ0v) is 18.6. The van der Waals surface area contributed by atoms with Crippen LogP contribution in [0.3, 0.4) is 0 Å². The van der Waals surface area contributed by atoms with Gasteiger partial charge in [-0.05, 0) is 54.7 Å². The Balaban J connectivity index is 2.14. The monoisotopic (exact) mass is 434 g/mol. The Bertz CT molecular complexity index is 805. The molecule has 0 bridgehead atoms. The lowest BCUT2D eigenvalue weighted by Crippen LogP contribution is -2.48. The van der Waals surface area contributed by atoms with E-state index in [9.17, 15) is 9.59 Å². The van der Waals surface area contributed by atoms with Gasteiger partial charge < -0.3 is 10.2 Å². The summed E-state index contributed by atoms with van der Waals surface area (Å²) in [6.07, 6.45) is 1.10. The highest BCUT2D eigenvalue weighted by atomic mass is 35.5. The van der Waals surface area contributed by atoms with Crippen LogP contribution in [0.4, 0.5) is 0 Å². The standard InChI is InChI=1S/C23H28Cl2N2O2/c1-16(2)12-13-26-23(29)17(3)27(15-19-6-10-21(25)11-7-19)22(28)14-18-4-8-20(24)9-5-18/h4-11,16-17H,12-15H2,1-3H3,(H,26,29)/t17-/m1/s1. The van der Waals surface area contributed by atoms with Gasteiger partial charge in [0.25, 0.3) is 0 Å². The fourth-order valence-electron chi connectivity index (χ4n) is 2.88. The number of nitrogens with one attached hydrogen (secondary N) is 1. The topological polar surface area (TPSA) is 49.4 Å². The molecule has 29 heavy (non-hydrogen) atoms. The second kappa shape index (κ2) is 11.2. The fraction of sp³-hybridized carbons (Fsp3) is 0.391. The molecular formula is C23H28Cl2N2O2. The molecule has 0 saturated carbocycles. The number of carbonyl (C=O) groups is 2. The third-order valence-electron chi connectivity index (χ3n) is 4.72. The minimum absolute atomic E-state index is 0.117. The molecular weight excluding hydrogens is 407 g/mol. The molecule has 4 nitrogen and oxygen atoms in total. The van der Waals surface area contributed by atoms with Gasteiger partial charge in [0.15, 0.2) is 0 Å². The van der Waals surface area contributed by atoms with Crippen LogP contribution >= 0.6 is 23.2 Å². The number of halogens is 2. The number of nitrogens with zero attached hydrogens (tertiary/aromatic N) is 1. The minimum atomic E-state index is -0.586.